The molecule has 0 bridgehead atoms. The number of carbonyl (C=O) groups is 2. The molecule has 0 saturated heterocycles. The van der Waals surface area contributed by atoms with Gasteiger partial charge < -0.3 is 9.47 Å². The minimum Gasteiger partial charge on any atom is -0.466 e. The molecule has 0 aromatic heterocycles. The van der Waals surface area contributed by atoms with Crippen LogP contribution in [0.15, 0.2) is 30.3 Å². The minimum atomic E-state index is -0.350. The van der Waals surface area contributed by atoms with Crippen LogP contribution in [0.2, 0.25) is 0 Å². The summed E-state index contributed by atoms with van der Waals surface area (Å²) < 4.78 is 10.1. The van der Waals surface area contributed by atoms with Crippen LogP contribution in [0.1, 0.15) is 39.2 Å². The summed E-state index contributed by atoms with van der Waals surface area (Å²) in [5.41, 5.74) is 1.12. The number of rotatable bonds is 10. The summed E-state index contributed by atoms with van der Waals surface area (Å²) in [6.07, 6.45) is 1.00. The molecule has 1 atom stereocenters. The third kappa shape index (κ3) is 7.28. The molecule has 128 valence electrons. The smallest absolute Gasteiger partial charge is 0.323 e. The number of benzene rings is 1. The fourth-order valence-corrected chi connectivity index (χ4v) is 2.30. The van der Waals surface area contributed by atoms with Gasteiger partial charge in [-0.3, -0.25) is 14.5 Å². The number of hydrogen-bond donors (Lipinski definition) is 0. The molecule has 0 aliphatic carbocycles. The van der Waals surface area contributed by atoms with Gasteiger partial charge in [-0.25, -0.2) is 0 Å². The van der Waals surface area contributed by atoms with E-state index in [0.29, 0.717) is 39.1 Å². The first-order chi connectivity index (χ1) is 11.1. The van der Waals surface area contributed by atoms with Crippen LogP contribution < -0.4 is 0 Å². The molecule has 0 fully saturated rings. The molecule has 0 heterocycles. The van der Waals surface area contributed by atoms with Crippen molar-refractivity contribution in [2.45, 2.75) is 46.2 Å². The molecule has 0 spiro atoms. The topological polar surface area (TPSA) is 55.8 Å². The van der Waals surface area contributed by atoms with Crippen LogP contribution in [-0.4, -0.2) is 42.6 Å². The van der Waals surface area contributed by atoms with E-state index in [1.54, 1.807) is 13.8 Å². The fraction of sp³-hybridized carbons (Fsp3) is 0.556. The van der Waals surface area contributed by atoms with Gasteiger partial charge in [0.15, 0.2) is 0 Å². The maximum absolute atomic E-state index is 12.0. The van der Waals surface area contributed by atoms with Gasteiger partial charge in [0.1, 0.15) is 6.04 Å². The largest absolute Gasteiger partial charge is 0.466 e. The second-order valence-electron chi connectivity index (χ2n) is 5.29. The first-order valence-electron chi connectivity index (χ1n) is 8.18. The van der Waals surface area contributed by atoms with Crippen molar-refractivity contribution in [1.29, 1.82) is 0 Å². The predicted octanol–water partition coefficient (Wildman–Crippen LogP) is 2.78. The lowest BCUT2D eigenvalue weighted by Crippen LogP contribution is -2.40. The lowest BCUT2D eigenvalue weighted by atomic mass is 10.1. The van der Waals surface area contributed by atoms with Crippen molar-refractivity contribution < 1.29 is 19.1 Å². The molecule has 1 unspecified atom stereocenters. The SMILES string of the molecule is CCOC(=O)CCCN(Cc1ccccc1)C(C)C(=O)OCC. The highest BCUT2D eigenvalue weighted by Crippen LogP contribution is 2.11. The van der Waals surface area contributed by atoms with E-state index in [2.05, 4.69) is 0 Å². The molecule has 0 aliphatic heterocycles. The Labute approximate surface area is 138 Å². The van der Waals surface area contributed by atoms with Crippen molar-refractivity contribution in [3.05, 3.63) is 35.9 Å². The Hall–Kier alpha value is -1.88. The van der Waals surface area contributed by atoms with Gasteiger partial charge in [0, 0.05) is 13.0 Å². The first kappa shape index (κ1) is 19.2. The van der Waals surface area contributed by atoms with E-state index in [1.165, 1.54) is 0 Å². The third-order valence-corrected chi connectivity index (χ3v) is 3.54. The van der Waals surface area contributed by atoms with Gasteiger partial charge >= 0.3 is 11.9 Å². The Morgan fingerprint density at radius 1 is 1.09 bits per heavy atom. The third-order valence-electron chi connectivity index (χ3n) is 3.54. The number of carbonyl (C=O) groups excluding carboxylic acids is 2. The number of hydrogen-bond acceptors (Lipinski definition) is 5. The zero-order valence-electron chi connectivity index (χ0n) is 14.3. The highest BCUT2D eigenvalue weighted by atomic mass is 16.5. The standard InChI is InChI=1S/C18H27NO4/c1-4-22-17(20)12-9-13-19(15(3)18(21)23-5-2)14-16-10-7-6-8-11-16/h6-8,10-11,15H,4-5,9,12-14H2,1-3H3. The summed E-state index contributed by atoms with van der Waals surface area (Å²) >= 11 is 0. The van der Waals surface area contributed by atoms with Gasteiger partial charge in [0.25, 0.3) is 0 Å². The van der Waals surface area contributed by atoms with Crippen LogP contribution in [0, 0.1) is 0 Å². The van der Waals surface area contributed by atoms with Crippen LogP contribution >= 0.6 is 0 Å². The summed E-state index contributed by atoms with van der Waals surface area (Å²) in [4.78, 5) is 25.5. The van der Waals surface area contributed by atoms with E-state index in [0.717, 1.165) is 5.56 Å². The Balaban J connectivity index is 2.64. The van der Waals surface area contributed by atoms with E-state index in [9.17, 15) is 9.59 Å². The molecule has 1 aromatic rings. The average Bonchev–Trinajstić information content (AvgIpc) is 2.54. The number of ether oxygens (including phenoxy) is 2. The lowest BCUT2D eigenvalue weighted by molar-refractivity contribution is -0.149. The molecular weight excluding hydrogens is 294 g/mol. The molecule has 0 radical (unpaired) electrons. The van der Waals surface area contributed by atoms with E-state index in [1.807, 2.05) is 42.2 Å². The van der Waals surface area contributed by atoms with Crippen molar-refractivity contribution in [3.63, 3.8) is 0 Å². The molecular formula is C18H27NO4. The summed E-state index contributed by atoms with van der Waals surface area (Å²) in [7, 11) is 0. The van der Waals surface area contributed by atoms with Gasteiger partial charge in [0.2, 0.25) is 0 Å². The Morgan fingerprint density at radius 3 is 2.35 bits per heavy atom. The van der Waals surface area contributed by atoms with Crippen molar-refractivity contribution in [3.8, 4) is 0 Å². The molecule has 5 heteroatoms. The number of esters is 2. The van der Waals surface area contributed by atoms with E-state index >= 15 is 0 Å². The Kier molecular flexibility index (Phi) is 8.98. The molecule has 1 aromatic carbocycles. The normalized spacial score (nSPS) is 12.0. The summed E-state index contributed by atoms with van der Waals surface area (Å²) in [5, 5.41) is 0. The van der Waals surface area contributed by atoms with E-state index in [4.69, 9.17) is 9.47 Å². The highest BCUT2D eigenvalue weighted by molar-refractivity contribution is 5.75. The molecule has 5 nitrogen and oxygen atoms in total. The maximum Gasteiger partial charge on any atom is 0.323 e. The predicted molar refractivity (Wildman–Crippen MR) is 88.8 cm³/mol. The van der Waals surface area contributed by atoms with E-state index in [-0.39, 0.29) is 18.0 Å². The van der Waals surface area contributed by atoms with Crippen LogP contribution in [0.4, 0.5) is 0 Å². The van der Waals surface area contributed by atoms with Crippen LogP contribution in [-0.2, 0) is 25.6 Å². The van der Waals surface area contributed by atoms with Gasteiger partial charge in [-0.05, 0) is 39.3 Å². The van der Waals surface area contributed by atoms with Crippen LogP contribution in [0.25, 0.3) is 0 Å². The molecule has 1 rings (SSSR count). The molecule has 0 aliphatic rings. The van der Waals surface area contributed by atoms with Gasteiger partial charge in [-0.1, -0.05) is 30.3 Å². The summed E-state index contributed by atoms with van der Waals surface area (Å²) in [6, 6.07) is 9.61. The van der Waals surface area contributed by atoms with Crippen molar-refractivity contribution >= 4 is 11.9 Å². The Bertz CT molecular complexity index is 475. The molecule has 0 N–H and O–H groups in total. The van der Waals surface area contributed by atoms with Gasteiger partial charge in [-0.2, -0.15) is 0 Å². The maximum atomic E-state index is 12.0. The van der Waals surface area contributed by atoms with Gasteiger partial charge in [0.05, 0.1) is 13.2 Å². The lowest BCUT2D eigenvalue weighted by Gasteiger charge is -2.27. The Morgan fingerprint density at radius 2 is 1.74 bits per heavy atom. The van der Waals surface area contributed by atoms with Crippen molar-refractivity contribution in [1.82, 2.24) is 4.90 Å². The zero-order chi connectivity index (χ0) is 17.1. The second kappa shape index (κ2) is 10.8. The highest BCUT2D eigenvalue weighted by Gasteiger charge is 2.22. The average molecular weight is 321 g/mol. The molecule has 0 saturated carbocycles. The van der Waals surface area contributed by atoms with Crippen molar-refractivity contribution in [2.75, 3.05) is 19.8 Å². The summed E-state index contributed by atoms with van der Waals surface area (Å²) in [6.45, 7) is 7.47. The quantitative estimate of drug-likeness (QED) is 0.620. The molecule has 23 heavy (non-hydrogen) atoms. The first-order valence-corrected chi connectivity index (χ1v) is 8.18. The van der Waals surface area contributed by atoms with E-state index < -0.39 is 0 Å². The second-order valence-corrected chi connectivity index (χ2v) is 5.29. The number of nitrogens with zero attached hydrogens (tertiary/aromatic N) is 1. The van der Waals surface area contributed by atoms with Crippen LogP contribution in [0.5, 0.6) is 0 Å². The monoisotopic (exact) mass is 321 g/mol. The van der Waals surface area contributed by atoms with Gasteiger partial charge in [-0.15, -0.1) is 0 Å². The van der Waals surface area contributed by atoms with Crippen LogP contribution in [0.3, 0.4) is 0 Å². The fourth-order valence-electron chi connectivity index (χ4n) is 2.30. The van der Waals surface area contributed by atoms with Crippen molar-refractivity contribution in [2.24, 2.45) is 0 Å². The summed E-state index contributed by atoms with van der Waals surface area (Å²) in [5.74, 6) is -0.435. The minimum absolute atomic E-state index is 0.198. The molecule has 0 amide bonds. The zero-order valence-corrected chi connectivity index (χ0v) is 14.3.